The minimum atomic E-state index is -0.0186. The van der Waals surface area contributed by atoms with Crippen molar-refractivity contribution in [1.29, 1.82) is 0 Å². The monoisotopic (exact) mass is 394 g/mol. The van der Waals surface area contributed by atoms with E-state index in [9.17, 15) is 4.79 Å². The van der Waals surface area contributed by atoms with Crippen molar-refractivity contribution in [2.75, 3.05) is 6.54 Å². The Morgan fingerprint density at radius 3 is 2.76 bits per heavy atom. The van der Waals surface area contributed by atoms with E-state index >= 15 is 0 Å². The molecule has 6 nitrogen and oxygen atoms in total. The molecule has 1 aromatic heterocycles. The molecule has 3 N–H and O–H groups in total. The van der Waals surface area contributed by atoms with Crippen LogP contribution in [0, 0.1) is 11.8 Å². The maximum absolute atomic E-state index is 12.8. The zero-order valence-electron chi connectivity index (χ0n) is 16.9. The standard InChI is InChI=1S/C23H30N4O2/c1-16(29-15-17-5-3-2-4-6-17)14-25-23(28)19-7-8-21-20(13-19)22(27-26-21)18-9-11-24-12-10-18/h2-6,9-12,16,19-22,26-27H,7-8,13-15H2,1H3,(H,25,28). The summed E-state index contributed by atoms with van der Waals surface area (Å²) in [6.45, 7) is 3.11. The second kappa shape index (κ2) is 9.48. The van der Waals surface area contributed by atoms with Gasteiger partial charge in [-0.15, -0.1) is 0 Å². The Balaban J connectivity index is 1.26. The molecule has 0 radical (unpaired) electrons. The summed E-state index contributed by atoms with van der Waals surface area (Å²) in [6.07, 6.45) is 6.46. The number of ether oxygens (including phenoxy) is 1. The number of hydrogen-bond acceptors (Lipinski definition) is 5. The molecule has 29 heavy (non-hydrogen) atoms. The van der Waals surface area contributed by atoms with Crippen LogP contribution in [0.1, 0.15) is 43.4 Å². The SMILES string of the molecule is CC(CNC(=O)C1CCC2NNC(c3ccncc3)C2C1)OCc1ccccc1. The first-order valence-corrected chi connectivity index (χ1v) is 10.5. The second-order valence-electron chi connectivity index (χ2n) is 8.18. The number of carbonyl (C=O) groups is 1. The molecule has 4 rings (SSSR count). The number of benzene rings is 1. The van der Waals surface area contributed by atoms with Gasteiger partial charge in [-0.1, -0.05) is 30.3 Å². The van der Waals surface area contributed by atoms with Gasteiger partial charge in [-0.2, -0.15) is 0 Å². The molecule has 2 aromatic rings. The number of aromatic nitrogens is 1. The number of pyridine rings is 1. The maximum atomic E-state index is 12.8. The predicted octanol–water partition coefficient (Wildman–Crippen LogP) is 2.74. The molecule has 2 aliphatic rings. The molecule has 6 heteroatoms. The first kappa shape index (κ1) is 20.0. The normalized spacial score (nSPS) is 27.2. The summed E-state index contributed by atoms with van der Waals surface area (Å²) in [6, 6.07) is 14.9. The number of hydrazine groups is 1. The zero-order chi connectivity index (χ0) is 20.1. The van der Waals surface area contributed by atoms with Gasteiger partial charge in [0.1, 0.15) is 0 Å². The molecule has 154 valence electrons. The van der Waals surface area contributed by atoms with E-state index in [0.717, 1.165) is 24.8 Å². The van der Waals surface area contributed by atoms with Crippen LogP contribution in [-0.4, -0.2) is 29.6 Å². The third-order valence-corrected chi connectivity index (χ3v) is 6.13. The Hall–Kier alpha value is -2.28. The first-order chi connectivity index (χ1) is 14.2. The van der Waals surface area contributed by atoms with E-state index in [2.05, 4.69) is 33.3 Å². The fourth-order valence-electron chi connectivity index (χ4n) is 4.46. The van der Waals surface area contributed by atoms with Gasteiger partial charge >= 0.3 is 0 Å². The molecular weight excluding hydrogens is 364 g/mol. The highest BCUT2D eigenvalue weighted by molar-refractivity contribution is 5.78. The number of nitrogens with one attached hydrogen (secondary N) is 3. The minimum Gasteiger partial charge on any atom is -0.372 e. The summed E-state index contributed by atoms with van der Waals surface area (Å²) in [5.41, 5.74) is 9.23. The van der Waals surface area contributed by atoms with Crippen LogP contribution in [0.5, 0.6) is 0 Å². The van der Waals surface area contributed by atoms with Crippen molar-refractivity contribution in [3.63, 3.8) is 0 Å². The van der Waals surface area contributed by atoms with Crippen molar-refractivity contribution in [1.82, 2.24) is 21.2 Å². The highest BCUT2D eigenvalue weighted by Crippen LogP contribution is 2.40. The van der Waals surface area contributed by atoms with Crippen LogP contribution in [0.4, 0.5) is 0 Å². The van der Waals surface area contributed by atoms with Crippen molar-refractivity contribution >= 4 is 5.91 Å². The lowest BCUT2D eigenvalue weighted by atomic mass is 9.74. The zero-order valence-corrected chi connectivity index (χ0v) is 16.9. The molecule has 1 aliphatic heterocycles. The van der Waals surface area contributed by atoms with Gasteiger partial charge in [0, 0.05) is 30.9 Å². The van der Waals surface area contributed by atoms with Crippen LogP contribution >= 0.6 is 0 Å². The Bertz CT molecular complexity index is 786. The molecule has 1 amide bonds. The van der Waals surface area contributed by atoms with Crippen LogP contribution in [0.25, 0.3) is 0 Å². The van der Waals surface area contributed by atoms with E-state index < -0.39 is 0 Å². The Labute approximate surface area is 172 Å². The van der Waals surface area contributed by atoms with E-state index in [-0.39, 0.29) is 24.0 Å². The molecule has 1 saturated carbocycles. The van der Waals surface area contributed by atoms with Crippen molar-refractivity contribution in [3.8, 4) is 0 Å². The topological polar surface area (TPSA) is 75.3 Å². The minimum absolute atomic E-state index is 0.0186. The summed E-state index contributed by atoms with van der Waals surface area (Å²) in [5.74, 6) is 0.622. The van der Waals surface area contributed by atoms with Crippen molar-refractivity contribution in [2.24, 2.45) is 11.8 Å². The predicted molar refractivity (Wildman–Crippen MR) is 112 cm³/mol. The molecule has 0 bridgehead atoms. The molecule has 0 spiro atoms. The molecule has 5 unspecified atom stereocenters. The van der Waals surface area contributed by atoms with Crippen LogP contribution in [0.15, 0.2) is 54.9 Å². The lowest BCUT2D eigenvalue weighted by Crippen LogP contribution is -2.42. The summed E-state index contributed by atoms with van der Waals surface area (Å²) in [5, 5.41) is 3.11. The van der Waals surface area contributed by atoms with E-state index in [1.807, 2.05) is 49.6 Å². The summed E-state index contributed by atoms with van der Waals surface area (Å²) >= 11 is 0. The van der Waals surface area contributed by atoms with Gasteiger partial charge < -0.3 is 10.1 Å². The number of hydrogen-bond donors (Lipinski definition) is 3. The largest absolute Gasteiger partial charge is 0.372 e. The van der Waals surface area contributed by atoms with Crippen molar-refractivity contribution in [3.05, 3.63) is 66.0 Å². The van der Waals surface area contributed by atoms with Gasteiger partial charge in [-0.05, 0) is 55.4 Å². The molecular formula is C23H30N4O2. The van der Waals surface area contributed by atoms with Gasteiger partial charge in [-0.25, -0.2) is 5.43 Å². The Morgan fingerprint density at radius 1 is 1.17 bits per heavy atom. The summed E-state index contributed by atoms with van der Waals surface area (Å²) in [7, 11) is 0. The van der Waals surface area contributed by atoms with Crippen LogP contribution < -0.4 is 16.2 Å². The number of fused-ring (bicyclic) bond motifs is 1. The summed E-state index contributed by atoms with van der Waals surface area (Å²) in [4.78, 5) is 16.9. The second-order valence-corrected chi connectivity index (χ2v) is 8.18. The summed E-state index contributed by atoms with van der Waals surface area (Å²) < 4.78 is 5.87. The molecule has 1 aromatic carbocycles. The number of nitrogens with zero attached hydrogens (tertiary/aromatic N) is 1. The van der Waals surface area contributed by atoms with Crippen LogP contribution in [0.2, 0.25) is 0 Å². The van der Waals surface area contributed by atoms with Crippen molar-refractivity contribution in [2.45, 2.75) is 51.0 Å². The van der Waals surface area contributed by atoms with Crippen molar-refractivity contribution < 1.29 is 9.53 Å². The smallest absolute Gasteiger partial charge is 0.223 e. The van der Waals surface area contributed by atoms with Gasteiger partial charge in [0.15, 0.2) is 0 Å². The fraction of sp³-hybridized carbons (Fsp3) is 0.478. The van der Waals surface area contributed by atoms with Gasteiger partial charge in [-0.3, -0.25) is 15.2 Å². The quantitative estimate of drug-likeness (QED) is 0.673. The molecule has 5 atom stereocenters. The first-order valence-electron chi connectivity index (χ1n) is 10.5. The Morgan fingerprint density at radius 2 is 1.97 bits per heavy atom. The maximum Gasteiger partial charge on any atom is 0.223 e. The third-order valence-electron chi connectivity index (χ3n) is 6.13. The van der Waals surface area contributed by atoms with E-state index in [4.69, 9.17) is 4.74 Å². The average Bonchev–Trinajstić information content (AvgIpc) is 3.20. The van der Waals surface area contributed by atoms with Crippen LogP contribution in [-0.2, 0) is 16.1 Å². The third kappa shape index (κ3) is 5.01. The fourth-order valence-corrected chi connectivity index (χ4v) is 4.46. The van der Waals surface area contributed by atoms with E-state index in [1.165, 1.54) is 5.56 Å². The highest BCUT2D eigenvalue weighted by Gasteiger charge is 2.42. The number of carbonyl (C=O) groups excluding carboxylic acids is 1. The van der Waals surface area contributed by atoms with Gasteiger partial charge in [0.2, 0.25) is 5.91 Å². The number of rotatable bonds is 7. The molecule has 1 saturated heterocycles. The lowest BCUT2D eigenvalue weighted by Gasteiger charge is -2.32. The molecule has 2 heterocycles. The molecule has 2 fully saturated rings. The van der Waals surface area contributed by atoms with Gasteiger partial charge in [0.25, 0.3) is 0 Å². The lowest BCUT2D eigenvalue weighted by molar-refractivity contribution is -0.127. The number of amides is 1. The molecule has 1 aliphatic carbocycles. The Kier molecular flexibility index (Phi) is 6.54. The average molecular weight is 395 g/mol. The van der Waals surface area contributed by atoms with Gasteiger partial charge in [0.05, 0.1) is 18.8 Å². The highest BCUT2D eigenvalue weighted by atomic mass is 16.5. The van der Waals surface area contributed by atoms with E-state index in [1.54, 1.807) is 0 Å². The van der Waals surface area contributed by atoms with Crippen LogP contribution in [0.3, 0.4) is 0 Å². The van der Waals surface area contributed by atoms with E-state index in [0.29, 0.717) is 25.1 Å².